The van der Waals surface area contributed by atoms with Gasteiger partial charge in [-0.2, -0.15) is 4.99 Å². The van der Waals surface area contributed by atoms with E-state index in [1.165, 1.54) is 28.9 Å². The second-order valence-electron chi connectivity index (χ2n) is 7.21. The van der Waals surface area contributed by atoms with Crippen molar-refractivity contribution in [3.63, 3.8) is 0 Å². The fourth-order valence-electron chi connectivity index (χ4n) is 3.36. The number of benzene rings is 2. The van der Waals surface area contributed by atoms with Crippen molar-refractivity contribution < 1.29 is 9.53 Å². The Kier molecular flexibility index (Phi) is 7.04. The molecule has 0 bridgehead atoms. The van der Waals surface area contributed by atoms with Crippen LogP contribution in [0.3, 0.4) is 0 Å². The number of allylic oxidation sites excluding steroid dienone is 1. The third kappa shape index (κ3) is 5.04. The molecule has 0 aliphatic heterocycles. The number of thiazole rings is 1. The molecule has 5 heteroatoms. The molecule has 3 aromatic rings. The molecule has 0 atom stereocenters. The van der Waals surface area contributed by atoms with Gasteiger partial charge in [-0.25, -0.2) is 0 Å². The zero-order valence-corrected chi connectivity index (χ0v) is 18.2. The molecular weight excluding hydrogens is 380 g/mol. The van der Waals surface area contributed by atoms with Crippen LogP contribution < -0.4 is 9.54 Å². The first-order valence-corrected chi connectivity index (χ1v) is 10.9. The van der Waals surface area contributed by atoms with E-state index >= 15 is 0 Å². The maximum atomic E-state index is 12.8. The molecule has 0 fully saturated rings. The molecule has 1 heterocycles. The minimum absolute atomic E-state index is 0.249. The van der Waals surface area contributed by atoms with E-state index in [2.05, 4.69) is 49.0 Å². The van der Waals surface area contributed by atoms with Gasteiger partial charge in [-0.15, -0.1) is 6.58 Å². The van der Waals surface area contributed by atoms with Crippen molar-refractivity contribution >= 4 is 27.5 Å². The maximum Gasteiger partial charge on any atom is 0.279 e. The van der Waals surface area contributed by atoms with E-state index in [9.17, 15) is 4.79 Å². The fraction of sp³-hybridized carbons (Fsp3) is 0.333. The average Bonchev–Trinajstić information content (AvgIpc) is 3.03. The van der Waals surface area contributed by atoms with Crippen LogP contribution in [-0.4, -0.2) is 17.1 Å². The molecule has 2 aromatic carbocycles. The molecule has 152 valence electrons. The van der Waals surface area contributed by atoms with Crippen LogP contribution in [0.5, 0.6) is 5.75 Å². The number of carbonyl (C=O) groups excluding carboxylic acids is 1. The lowest BCUT2D eigenvalue weighted by Gasteiger charge is -2.06. The van der Waals surface area contributed by atoms with Gasteiger partial charge < -0.3 is 9.30 Å². The van der Waals surface area contributed by atoms with Crippen LogP contribution >= 0.6 is 11.3 Å². The quantitative estimate of drug-likeness (QED) is 0.348. The van der Waals surface area contributed by atoms with Gasteiger partial charge in [-0.3, -0.25) is 4.79 Å². The van der Waals surface area contributed by atoms with Gasteiger partial charge in [0.15, 0.2) is 4.80 Å². The number of nitrogens with zero attached hydrogens (tertiary/aromatic N) is 2. The number of aryl methyl sites for hydroxylation is 2. The van der Waals surface area contributed by atoms with Gasteiger partial charge in [0, 0.05) is 12.1 Å². The Morgan fingerprint density at radius 2 is 1.97 bits per heavy atom. The second kappa shape index (κ2) is 9.70. The Balaban J connectivity index is 1.88. The molecule has 0 aliphatic rings. The van der Waals surface area contributed by atoms with Gasteiger partial charge in [-0.05, 0) is 61.7 Å². The lowest BCUT2D eigenvalue weighted by Crippen LogP contribution is -2.16. The number of rotatable bonds is 8. The summed E-state index contributed by atoms with van der Waals surface area (Å²) in [7, 11) is 0. The Morgan fingerprint density at radius 1 is 1.21 bits per heavy atom. The van der Waals surface area contributed by atoms with E-state index < -0.39 is 0 Å². The van der Waals surface area contributed by atoms with Crippen LogP contribution in [0.25, 0.3) is 10.2 Å². The minimum Gasteiger partial charge on any atom is -0.494 e. The highest BCUT2D eigenvalue weighted by Gasteiger charge is 2.11. The monoisotopic (exact) mass is 408 g/mol. The Hall–Kier alpha value is -2.66. The topological polar surface area (TPSA) is 43.6 Å². The number of aromatic nitrogens is 1. The first kappa shape index (κ1) is 21.1. The van der Waals surface area contributed by atoms with E-state index in [-0.39, 0.29) is 5.91 Å². The fourth-order valence-corrected chi connectivity index (χ4v) is 4.58. The zero-order chi connectivity index (χ0) is 20.8. The SMILES string of the molecule is C=CCn1c(=NC(=O)c2ccc(OCCCCC)cc2)sc2cc(C)cc(C)c21. The summed E-state index contributed by atoms with van der Waals surface area (Å²) in [5.41, 5.74) is 4.05. The van der Waals surface area contributed by atoms with Gasteiger partial charge >= 0.3 is 0 Å². The molecule has 0 spiro atoms. The number of fused-ring (bicyclic) bond motifs is 1. The second-order valence-corrected chi connectivity index (χ2v) is 8.22. The van der Waals surface area contributed by atoms with Gasteiger partial charge in [0.25, 0.3) is 5.91 Å². The summed E-state index contributed by atoms with van der Waals surface area (Å²) in [4.78, 5) is 17.9. The van der Waals surface area contributed by atoms with Crippen LogP contribution in [0.1, 0.15) is 47.7 Å². The summed E-state index contributed by atoms with van der Waals surface area (Å²) in [5.74, 6) is 0.536. The summed E-state index contributed by atoms with van der Waals surface area (Å²) >= 11 is 1.54. The molecule has 1 aromatic heterocycles. The highest BCUT2D eigenvalue weighted by Crippen LogP contribution is 2.23. The lowest BCUT2D eigenvalue weighted by molar-refractivity contribution is 0.0998. The average molecular weight is 409 g/mol. The van der Waals surface area contributed by atoms with E-state index in [0.29, 0.717) is 23.5 Å². The van der Waals surface area contributed by atoms with Crippen LogP contribution in [0.4, 0.5) is 0 Å². The molecule has 29 heavy (non-hydrogen) atoms. The first-order valence-electron chi connectivity index (χ1n) is 10.1. The first-order chi connectivity index (χ1) is 14.0. The van der Waals surface area contributed by atoms with Crippen molar-refractivity contribution in [3.8, 4) is 5.75 Å². The van der Waals surface area contributed by atoms with Crippen LogP contribution in [0.2, 0.25) is 0 Å². The third-order valence-electron chi connectivity index (χ3n) is 4.74. The van der Waals surface area contributed by atoms with Crippen LogP contribution in [0, 0.1) is 13.8 Å². The van der Waals surface area contributed by atoms with Gasteiger partial charge in [0.2, 0.25) is 0 Å². The van der Waals surface area contributed by atoms with E-state index in [4.69, 9.17) is 4.74 Å². The number of carbonyl (C=O) groups is 1. The maximum absolute atomic E-state index is 12.8. The number of amides is 1. The lowest BCUT2D eigenvalue weighted by atomic mass is 10.1. The van der Waals surface area contributed by atoms with E-state index in [1.807, 2.05) is 18.2 Å². The molecule has 0 unspecified atom stereocenters. The van der Waals surface area contributed by atoms with E-state index in [1.54, 1.807) is 12.1 Å². The Labute approximate surface area is 176 Å². The van der Waals surface area contributed by atoms with Gasteiger partial charge in [-0.1, -0.05) is 43.2 Å². The third-order valence-corrected chi connectivity index (χ3v) is 5.76. The minimum atomic E-state index is -0.249. The Morgan fingerprint density at radius 3 is 2.66 bits per heavy atom. The van der Waals surface area contributed by atoms with Crippen molar-refractivity contribution in [2.45, 2.75) is 46.6 Å². The van der Waals surface area contributed by atoms with Crippen molar-refractivity contribution in [2.75, 3.05) is 6.61 Å². The summed E-state index contributed by atoms with van der Waals surface area (Å²) in [6.45, 7) is 11.5. The van der Waals surface area contributed by atoms with Crippen molar-refractivity contribution in [2.24, 2.45) is 4.99 Å². The zero-order valence-electron chi connectivity index (χ0n) is 17.4. The number of unbranched alkanes of at least 4 members (excludes halogenated alkanes) is 2. The number of ether oxygens (including phenoxy) is 1. The summed E-state index contributed by atoms with van der Waals surface area (Å²) < 4.78 is 8.91. The summed E-state index contributed by atoms with van der Waals surface area (Å²) in [6.07, 6.45) is 5.20. The molecule has 0 saturated heterocycles. The van der Waals surface area contributed by atoms with Crippen molar-refractivity contribution in [3.05, 3.63) is 70.5 Å². The predicted octanol–water partition coefficient (Wildman–Crippen LogP) is 5.82. The van der Waals surface area contributed by atoms with Gasteiger partial charge in [0.1, 0.15) is 5.75 Å². The molecule has 0 aliphatic carbocycles. The van der Waals surface area contributed by atoms with Gasteiger partial charge in [0.05, 0.1) is 16.8 Å². The highest BCUT2D eigenvalue weighted by atomic mass is 32.1. The molecule has 4 nitrogen and oxygen atoms in total. The molecule has 3 rings (SSSR count). The van der Waals surface area contributed by atoms with Crippen LogP contribution in [-0.2, 0) is 6.54 Å². The highest BCUT2D eigenvalue weighted by molar-refractivity contribution is 7.16. The summed E-state index contributed by atoms with van der Waals surface area (Å²) in [5, 5.41) is 0. The Bertz CT molecular complexity index is 1070. The predicted molar refractivity (Wildman–Crippen MR) is 121 cm³/mol. The summed E-state index contributed by atoms with van der Waals surface area (Å²) in [6, 6.07) is 11.5. The van der Waals surface area contributed by atoms with Crippen molar-refractivity contribution in [1.82, 2.24) is 4.57 Å². The molecular formula is C24H28N2O2S. The standard InChI is InChI=1S/C24H28N2O2S/c1-5-7-8-14-28-20-11-9-19(10-12-20)23(27)25-24-26(13-6-2)22-18(4)15-17(3)16-21(22)29-24/h6,9-12,15-16H,2,5,7-8,13-14H2,1,3-4H3. The smallest absolute Gasteiger partial charge is 0.279 e. The van der Waals surface area contributed by atoms with E-state index in [0.717, 1.165) is 28.8 Å². The largest absolute Gasteiger partial charge is 0.494 e. The molecule has 0 N–H and O–H groups in total. The normalized spacial score (nSPS) is 11.8. The number of hydrogen-bond acceptors (Lipinski definition) is 3. The number of hydrogen-bond donors (Lipinski definition) is 0. The molecule has 0 saturated carbocycles. The molecule has 0 radical (unpaired) electrons. The molecule has 1 amide bonds. The van der Waals surface area contributed by atoms with Crippen molar-refractivity contribution in [1.29, 1.82) is 0 Å². The van der Waals surface area contributed by atoms with Crippen LogP contribution in [0.15, 0.2) is 54.0 Å².